The molecule has 0 saturated carbocycles. The molecule has 0 bridgehead atoms. The van der Waals surface area contributed by atoms with Crippen molar-refractivity contribution in [3.63, 3.8) is 0 Å². The molecule has 100 valence electrons. The Kier molecular flexibility index (Phi) is 14.7. The van der Waals surface area contributed by atoms with Crippen molar-refractivity contribution >= 4 is 10.1 Å². The Balaban J connectivity index is 0. The summed E-state index contributed by atoms with van der Waals surface area (Å²) in [7, 11) is -3.67. The monoisotopic (exact) mass is 253 g/mol. The maximum absolute atomic E-state index is 9.79. The Morgan fingerprint density at radius 1 is 0.938 bits per heavy atom. The smallest absolute Gasteiger partial charge is 0.264 e. The van der Waals surface area contributed by atoms with E-state index in [0.717, 1.165) is 0 Å². The Morgan fingerprint density at radius 2 is 1.38 bits per heavy atom. The number of hydrogen-bond acceptors (Lipinski definition) is 3. The van der Waals surface area contributed by atoms with E-state index in [2.05, 4.69) is 19.2 Å². The van der Waals surface area contributed by atoms with Crippen molar-refractivity contribution in [2.45, 2.75) is 52.9 Å². The molecule has 0 heterocycles. The SMILES string of the molecule is CCCCNCCCC.CCCS(=O)(=O)O. The topological polar surface area (TPSA) is 66.4 Å². The fourth-order valence-electron chi connectivity index (χ4n) is 0.987. The molecule has 0 spiro atoms. The third-order valence-electron chi connectivity index (χ3n) is 1.88. The molecule has 0 fully saturated rings. The van der Waals surface area contributed by atoms with Crippen molar-refractivity contribution in [1.29, 1.82) is 0 Å². The van der Waals surface area contributed by atoms with Gasteiger partial charge in [-0.2, -0.15) is 8.42 Å². The van der Waals surface area contributed by atoms with Crippen molar-refractivity contribution in [3.8, 4) is 0 Å². The molecule has 0 amide bonds. The van der Waals surface area contributed by atoms with Gasteiger partial charge in [-0.1, -0.05) is 33.6 Å². The van der Waals surface area contributed by atoms with Crippen molar-refractivity contribution in [1.82, 2.24) is 5.32 Å². The quantitative estimate of drug-likeness (QED) is 0.515. The molecule has 0 atom stereocenters. The second kappa shape index (κ2) is 12.9. The van der Waals surface area contributed by atoms with Crippen LogP contribution in [0.1, 0.15) is 52.9 Å². The van der Waals surface area contributed by atoms with Crippen LogP contribution in [0.3, 0.4) is 0 Å². The molecule has 0 saturated heterocycles. The minimum absolute atomic E-state index is 0.132. The van der Waals surface area contributed by atoms with E-state index in [-0.39, 0.29) is 5.75 Å². The number of rotatable bonds is 8. The van der Waals surface area contributed by atoms with Gasteiger partial charge in [0.25, 0.3) is 10.1 Å². The number of nitrogens with one attached hydrogen (secondary N) is 1. The fourth-order valence-corrected chi connectivity index (χ4v) is 1.50. The third-order valence-corrected chi connectivity index (χ3v) is 2.80. The predicted molar refractivity (Wildman–Crippen MR) is 69.4 cm³/mol. The summed E-state index contributed by atoms with van der Waals surface area (Å²) in [6, 6.07) is 0. The van der Waals surface area contributed by atoms with Crippen LogP contribution >= 0.6 is 0 Å². The van der Waals surface area contributed by atoms with Gasteiger partial charge in [-0.3, -0.25) is 4.55 Å². The van der Waals surface area contributed by atoms with Crippen LogP contribution in [-0.2, 0) is 10.1 Å². The molecule has 0 aromatic rings. The Morgan fingerprint density at radius 3 is 1.56 bits per heavy atom. The first-order valence-electron chi connectivity index (χ1n) is 6.13. The Hall–Kier alpha value is -0.130. The second-order valence-corrected chi connectivity index (χ2v) is 5.32. The largest absolute Gasteiger partial charge is 0.317 e. The van der Waals surface area contributed by atoms with Gasteiger partial charge in [-0.15, -0.1) is 0 Å². The van der Waals surface area contributed by atoms with Gasteiger partial charge in [0.05, 0.1) is 5.75 Å². The molecular weight excluding hydrogens is 226 g/mol. The highest BCUT2D eigenvalue weighted by Gasteiger charge is 1.98. The van der Waals surface area contributed by atoms with Gasteiger partial charge >= 0.3 is 0 Å². The molecule has 0 rings (SSSR count). The van der Waals surface area contributed by atoms with Crippen LogP contribution in [0, 0.1) is 0 Å². The van der Waals surface area contributed by atoms with Gasteiger partial charge < -0.3 is 5.32 Å². The van der Waals surface area contributed by atoms with Crippen molar-refractivity contribution < 1.29 is 13.0 Å². The third kappa shape index (κ3) is 23.6. The van der Waals surface area contributed by atoms with Gasteiger partial charge in [0, 0.05) is 0 Å². The summed E-state index contributed by atoms with van der Waals surface area (Å²) in [5.74, 6) is -0.132. The highest BCUT2D eigenvalue weighted by molar-refractivity contribution is 7.85. The van der Waals surface area contributed by atoms with E-state index >= 15 is 0 Å². The highest BCUT2D eigenvalue weighted by Crippen LogP contribution is 1.85. The molecule has 0 aliphatic heterocycles. The van der Waals surface area contributed by atoms with Crippen molar-refractivity contribution in [2.24, 2.45) is 0 Å². The minimum atomic E-state index is -3.67. The minimum Gasteiger partial charge on any atom is -0.317 e. The molecule has 0 radical (unpaired) electrons. The molecule has 0 aromatic heterocycles. The van der Waals surface area contributed by atoms with Gasteiger partial charge in [0.15, 0.2) is 0 Å². The first-order valence-corrected chi connectivity index (χ1v) is 7.74. The summed E-state index contributed by atoms with van der Waals surface area (Å²) in [4.78, 5) is 0. The average Bonchev–Trinajstić information content (AvgIpc) is 2.17. The Bertz CT molecular complexity index is 209. The van der Waals surface area contributed by atoms with Crippen LogP contribution in [0.5, 0.6) is 0 Å². The molecule has 5 heteroatoms. The second-order valence-electron chi connectivity index (χ2n) is 3.74. The van der Waals surface area contributed by atoms with Gasteiger partial charge in [0.1, 0.15) is 0 Å². The zero-order chi connectivity index (χ0) is 12.9. The summed E-state index contributed by atoms with van der Waals surface area (Å²) >= 11 is 0. The van der Waals surface area contributed by atoms with E-state index in [1.807, 2.05) is 0 Å². The van der Waals surface area contributed by atoms with Crippen LogP contribution in [0.4, 0.5) is 0 Å². The summed E-state index contributed by atoms with van der Waals surface area (Å²) in [6.07, 6.45) is 5.73. The van der Waals surface area contributed by atoms with Gasteiger partial charge in [0.2, 0.25) is 0 Å². The van der Waals surface area contributed by atoms with Crippen LogP contribution in [0.25, 0.3) is 0 Å². The molecule has 4 nitrogen and oxygen atoms in total. The van der Waals surface area contributed by atoms with Crippen LogP contribution in [0.2, 0.25) is 0 Å². The maximum atomic E-state index is 9.79. The molecule has 0 aliphatic carbocycles. The average molecular weight is 253 g/mol. The molecule has 0 aliphatic rings. The molecule has 16 heavy (non-hydrogen) atoms. The zero-order valence-electron chi connectivity index (χ0n) is 10.8. The fraction of sp³-hybridized carbons (Fsp3) is 1.00. The lowest BCUT2D eigenvalue weighted by molar-refractivity contribution is 0.482. The molecule has 0 unspecified atom stereocenters. The van der Waals surface area contributed by atoms with Crippen molar-refractivity contribution in [2.75, 3.05) is 18.8 Å². The van der Waals surface area contributed by atoms with Crippen molar-refractivity contribution in [3.05, 3.63) is 0 Å². The van der Waals surface area contributed by atoms with Crippen LogP contribution < -0.4 is 5.32 Å². The highest BCUT2D eigenvalue weighted by atomic mass is 32.2. The summed E-state index contributed by atoms with van der Waals surface area (Å²) in [5, 5.41) is 3.39. The first-order chi connectivity index (χ1) is 7.47. The molecular formula is C11H27NO3S. The van der Waals surface area contributed by atoms with Crippen LogP contribution in [0.15, 0.2) is 0 Å². The lowest BCUT2D eigenvalue weighted by Gasteiger charge is -1.99. The van der Waals surface area contributed by atoms with E-state index in [1.165, 1.54) is 38.8 Å². The summed E-state index contributed by atoms with van der Waals surface area (Å²) < 4.78 is 27.6. The number of unbranched alkanes of at least 4 members (excludes halogenated alkanes) is 2. The lowest BCUT2D eigenvalue weighted by Crippen LogP contribution is -2.15. The maximum Gasteiger partial charge on any atom is 0.264 e. The predicted octanol–water partition coefficient (Wildman–Crippen LogP) is 2.46. The summed E-state index contributed by atoms with van der Waals surface area (Å²) in [6.45, 7) is 8.55. The molecule has 2 N–H and O–H groups in total. The summed E-state index contributed by atoms with van der Waals surface area (Å²) in [5.41, 5.74) is 0. The molecule has 0 aromatic carbocycles. The van der Waals surface area contributed by atoms with Gasteiger partial charge in [-0.25, -0.2) is 0 Å². The first kappa shape index (κ1) is 18.2. The van der Waals surface area contributed by atoms with E-state index in [0.29, 0.717) is 6.42 Å². The van der Waals surface area contributed by atoms with E-state index in [4.69, 9.17) is 4.55 Å². The normalized spacial score (nSPS) is 10.8. The zero-order valence-corrected chi connectivity index (χ0v) is 11.6. The van der Waals surface area contributed by atoms with Crippen LogP contribution in [-0.4, -0.2) is 31.8 Å². The van der Waals surface area contributed by atoms with E-state index in [9.17, 15) is 8.42 Å². The number of hydrogen-bond donors (Lipinski definition) is 2. The van der Waals surface area contributed by atoms with E-state index in [1.54, 1.807) is 6.92 Å². The van der Waals surface area contributed by atoms with Gasteiger partial charge in [-0.05, 0) is 32.4 Å². The van der Waals surface area contributed by atoms with E-state index < -0.39 is 10.1 Å². The Labute approximate surface area is 101 Å². The standard InChI is InChI=1S/C8H19N.C3H8O3S/c1-3-5-7-9-8-6-4-2;1-2-3-7(4,5)6/h9H,3-8H2,1-2H3;2-3H2,1H3,(H,4,5,6). The lowest BCUT2D eigenvalue weighted by atomic mass is 10.3.